The highest BCUT2D eigenvalue weighted by Gasteiger charge is 2.24. The monoisotopic (exact) mass is 258 g/mol. The van der Waals surface area contributed by atoms with E-state index >= 15 is 0 Å². The van der Waals surface area contributed by atoms with Crippen LogP contribution in [-0.4, -0.2) is 5.84 Å². The first-order valence-electron chi connectivity index (χ1n) is 5.77. The van der Waals surface area contributed by atoms with Crippen LogP contribution in [0.3, 0.4) is 0 Å². The van der Waals surface area contributed by atoms with Gasteiger partial charge in [-0.2, -0.15) is 0 Å². The molecule has 3 heteroatoms. The number of halogens is 1. The average Bonchev–Trinajstić information content (AvgIpc) is 2.69. The van der Waals surface area contributed by atoms with E-state index in [9.17, 15) is 0 Å². The zero-order valence-electron chi connectivity index (χ0n) is 10.2. The van der Waals surface area contributed by atoms with Crippen molar-refractivity contribution in [2.45, 2.75) is 13.5 Å². The van der Waals surface area contributed by atoms with Crippen LogP contribution in [0, 0.1) is 12.3 Å². The number of nitrogens with zero attached hydrogens (tertiary/aromatic N) is 1. The molecule has 0 unspecified atom stereocenters. The molecule has 1 aliphatic heterocycles. The number of rotatable bonds is 1. The molecule has 0 radical (unpaired) electrons. The fraction of sp³-hybridized carbons (Fsp3) is 0.133. The molecule has 3 rings (SSSR count). The van der Waals surface area contributed by atoms with Gasteiger partial charge in [0.1, 0.15) is 5.84 Å². The van der Waals surface area contributed by atoms with Crippen LogP contribution in [0.25, 0.3) is 0 Å². The number of hydrogen-bond donors (Lipinski definition) is 1. The minimum atomic E-state index is 0. The number of fused-ring (bicyclic) bond motifs is 1. The fourth-order valence-electron chi connectivity index (χ4n) is 2.23. The first-order chi connectivity index (χ1) is 8.25. The number of anilines is 1. The molecule has 1 aliphatic rings. The Bertz CT molecular complexity index is 575. The highest BCUT2D eigenvalue weighted by atomic mass is 35.5. The van der Waals surface area contributed by atoms with E-state index in [0.29, 0.717) is 5.84 Å². The maximum Gasteiger partial charge on any atom is 0.133 e. The summed E-state index contributed by atoms with van der Waals surface area (Å²) in [5.74, 6) is 0.601. The zero-order valence-corrected chi connectivity index (χ0v) is 11.0. The van der Waals surface area contributed by atoms with Gasteiger partial charge in [0.15, 0.2) is 0 Å². The minimum Gasteiger partial charge on any atom is -0.322 e. The van der Waals surface area contributed by atoms with Crippen molar-refractivity contribution in [1.82, 2.24) is 0 Å². The van der Waals surface area contributed by atoms with Crippen LogP contribution in [0.2, 0.25) is 0 Å². The third kappa shape index (κ3) is 2.00. The van der Waals surface area contributed by atoms with E-state index in [0.717, 1.165) is 17.8 Å². The molecule has 2 aromatic rings. The van der Waals surface area contributed by atoms with Crippen LogP contribution in [0.5, 0.6) is 0 Å². The van der Waals surface area contributed by atoms with Crippen LogP contribution < -0.4 is 4.90 Å². The lowest BCUT2D eigenvalue weighted by Gasteiger charge is -2.18. The summed E-state index contributed by atoms with van der Waals surface area (Å²) in [6.07, 6.45) is 0. The van der Waals surface area contributed by atoms with Crippen LogP contribution in [-0.2, 0) is 6.54 Å². The molecule has 2 nitrogen and oxygen atoms in total. The predicted molar refractivity (Wildman–Crippen MR) is 77.9 cm³/mol. The van der Waals surface area contributed by atoms with Gasteiger partial charge in [-0.3, -0.25) is 5.41 Å². The second-order valence-electron chi connectivity index (χ2n) is 4.43. The number of amidine groups is 1. The summed E-state index contributed by atoms with van der Waals surface area (Å²) in [6.45, 7) is 2.88. The van der Waals surface area contributed by atoms with Gasteiger partial charge >= 0.3 is 0 Å². The van der Waals surface area contributed by atoms with Crippen molar-refractivity contribution in [3.8, 4) is 0 Å². The molecule has 0 atom stereocenters. The van der Waals surface area contributed by atoms with Crippen molar-refractivity contribution in [2.24, 2.45) is 0 Å². The molecule has 18 heavy (non-hydrogen) atoms. The number of benzene rings is 2. The second-order valence-corrected chi connectivity index (χ2v) is 4.43. The lowest BCUT2D eigenvalue weighted by Crippen LogP contribution is -2.22. The molecule has 92 valence electrons. The Kier molecular flexibility index (Phi) is 3.39. The number of hydrogen-bond acceptors (Lipinski definition) is 1. The van der Waals surface area contributed by atoms with E-state index in [4.69, 9.17) is 5.41 Å². The van der Waals surface area contributed by atoms with E-state index in [1.165, 1.54) is 11.1 Å². The summed E-state index contributed by atoms with van der Waals surface area (Å²) in [5.41, 5.74) is 4.62. The summed E-state index contributed by atoms with van der Waals surface area (Å²) < 4.78 is 0. The Morgan fingerprint density at radius 3 is 2.33 bits per heavy atom. The Balaban J connectivity index is 0.00000120. The molecular formula is C15H15ClN2. The van der Waals surface area contributed by atoms with E-state index in [1.54, 1.807) is 0 Å². The number of nitrogens with one attached hydrogen (secondary N) is 1. The predicted octanol–water partition coefficient (Wildman–Crippen LogP) is 3.76. The van der Waals surface area contributed by atoms with Crippen molar-refractivity contribution in [3.05, 3.63) is 65.2 Å². The molecule has 0 bridgehead atoms. The summed E-state index contributed by atoms with van der Waals surface area (Å²) in [7, 11) is 0. The van der Waals surface area contributed by atoms with Gasteiger partial charge in [-0.05, 0) is 24.6 Å². The van der Waals surface area contributed by atoms with Crippen LogP contribution in [0.15, 0.2) is 48.5 Å². The van der Waals surface area contributed by atoms with Crippen molar-refractivity contribution in [1.29, 1.82) is 5.41 Å². The largest absolute Gasteiger partial charge is 0.322 e. The van der Waals surface area contributed by atoms with Crippen LogP contribution >= 0.6 is 12.4 Å². The highest BCUT2D eigenvalue weighted by molar-refractivity contribution is 6.11. The maximum absolute atomic E-state index is 8.20. The molecule has 0 fully saturated rings. The lowest BCUT2D eigenvalue weighted by atomic mass is 10.1. The van der Waals surface area contributed by atoms with Crippen LogP contribution in [0.4, 0.5) is 5.69 Å². The summed E-state index contributed by atoms with van der Waals surface area (Å²) in [6, 6.07) is 16.5. The number of aryl methyl sites for hydroxylation is 1. The molecular weight excluding hydrogens is 244 g/mol. The Labute approximate surface area is 113 Å². The van der Waals surface area contributed by atoms with Crippen LogP contribution in [0.1, 0.15) is 16.7 Å². The quantitative estimate of drug-likeness (QED) is 0.828. The lowest BCUT2D eigenvalue weighted by molar-refractivity contribution is 1.05. The van der Waals surface area contributed by atoms with Gasteiger partial charge < -0.3 is 4.90 Å². The molecule has 1 N–H and O–H groups in total. The normalized spacial score (nSPS) is 13.2. The van der Waals surface area contributed by atoms with Crippen molar-refractivity contribution in [3.63, 3.8) is 0 Å². The molecule has 0 saturated heterocycles. The van der Waals surface area contributed by atoms with Crippen molar-refractivity contribution in [2.75, 3.05) is 4.90 Å². The molecule has 1 heterocycles. The molecule has 0 amide bonds. The third-order valence-corrected chi connectivity index (χ3v) is 3.22. The summed E-state index contributed by atoms with van der Waals surface area (Å²) >= 11 is 0. The van der Waals surface area contributed by atoms with Crippen molar-refractivity contribution >= 4 is 23.9 Å². The first-order valence-corrected chi connectivity index (χ1v) is 5.77. The van der Waals surface area contributed by atoms with Gasteiger partial charge in [-0.25, -0.2) is 0 Å². The molecule has 0 aliphatic carbocycles. The topological polar surface area (TPSA) is 27.1 Å². The van der Waals surface area contributed by atoms with Crippen molar-refractivity contribution < 1.29 is 0 Å². The molecule has 0 saturated carbocycles. The van der Waals surface area contributed by atoms with Gasteiger partial charge in [0.05, 0.1) is 6.54 Å². The Morgan fingerprint density at radius 1 is 1.00 bits per heavy atom. The highest BCUT2D eigenvalue weighted by Crippen LogP contribution is 2.27. The minimum absolute atomic E-state index is 0. The van der Waals surface area contributed by atoms with E-state index in [-0.39, 0.29) is 12.4 Å². The molecule has 2 aromatic carbocycles. The van der Waals surface area contributed by atoms with E-state index in [1.807, 2.05) is 23.1 Å². The van der Waals surface area contributed by atoms with Gasteiger partial charge in [0.25, 0.3) is 0 Å². The molecule has 0 spiro atoms. The third-order valence-electron chi connectivity index (χ3n) is 3.22. The van der Waals surface area contributed by atoms with Gasteiger partial charge in [-0.1, -0.05) is 42.0 Å². The van der Waals surface area contributed by atoms with Gasteiger partial charge in [0, 0.05) is 11.3 Å². The summed E-state index contributed by atoms with van der Waals surface area (Å²) in [5, 5.41) is 8.20. The zero-order chi connectivity index (χ0) is 11.8. The Hall–Kier alpha value is -1.80. The standard InChI is InChI=1S/C15H14N2.ClH/c1-11-6-8-13(9-7-11)17-10-12-4-2-3-5-14(12)15(17)16;/h2-9,16H,10H2,1H3;1H. The average molecular weight is 259 g/mol. The SMILES string of the molecule is Cc1ccc(N2Cc3ccccc3C2=N)cc1.Cl. The Morgan fingerprint density at radius 2 is 1.67 bits per heavy atom. The van der Waals surface area contributed by atoms with Gasteiger partial charge in [-0.15, -0.1) is 12.4 Å². The second kappa shape index (κ2) is 4.83. The maximum atomic E-state index is 8.20. The first kappa shape index (κ1) is 12.7. The smallest absolute Gasteiger partial charge is 0.133 e. The van der Waals surface area contributed by atoms with Gasteiger partial charge in [0.2, 0.25) is 0 Å². The summed E-state index contributed by atoms with van der Waals surface area (Å²) in [4.78, 5) is 2.05. The fourth-order valence-corrected chi connectivity index (χ4v) is 2.23. The van der Waals surface area contributed by atoms with E-state index in [2.05, 4.69) is 37.3 Å². The van der Waals surface area contributed by atoms with E-state index < -0.39 is 0 Å². The molecule has 0 aromatic heterocycles.